The predicted octanol–water partition coefficient (Wildman–Crippen LogP) is 3.18. The lowest BCUT2D eigenvalue weighted by Crippen LogP contribution is -2.46. The van der Waals surface area contributed by atoms with Crippen LogP contribution in [0.2, 0.25) is 18.1 Å². The molecular formula is C16H28BrN3O3Si. The number of halogens is 1. The van der Waals surface area contributed by atoms with Crippen molar-refractivity contribution in [1.82, 2.24) is 14.7 Å². The standard InChI is InChI=1S/C16H28BrN3O3Si/c1-16(2,3)24(5,6)23-13-7-8-20(14(13)21)9-10-22-15-12(17)11-18-19(15)4/h11,13H,7-10H2,1-6H3/t13-/m0/s1. The molecule has 0 unspecified atom stereocenters. The Kier molecular flexibility index (Phi) is 5.82. The van der Waals surface area contributed by atoms with Gasteiger partial charge in [-0.2, -0.15) is 5.10 Å². The van der Waals surface area contributed by atoms with Crippen LogP contribution in [-0.2, 0) is 16.3 Å². The first-order valence-corrected chi connectivity index (χ1v) is 12.0. The average molecular weight is 418 g/mol. The number of hydrogen-bond acceptors (Lipinski definition) is 4. The van der Waals surface area contributed by atoms with E-state index in [1.54, 1.807) is 10.9 Å². The summed E-state index contributed by atoms with van der Waals surface area (Å²) in [5.41, 5.74) is 0. The molecule has 0 aromatic carbocycles. The first-order valence-electron chi connectivity index (χ1n) is 8.30. The predicted molar refractivity (Wildman–Crippen MR) is 99.7 cm³/mol. The molecule has 0 radical (unpaired) electrons. The Morgan fingerprint density at radius 1 is 1.42 bits per heavy atom. The number of ether oxygens (including phenoxy) is 1. The third kappa shape index (κ3) is 4.21. The summed E-state index contributed by atoms with van der Waals surface area (Å²) in [4.78, 5) is 14.4. The molecule has 2 heterocycles. The fourth-order valence-corrected chi connectivity index (χ4v) is 4.13. The molecule has 6 nitrogen and oxygen atoms in total. The van der Waals surface area contributed by atoms with Gasteiger partial charge in [0.2, 0.25) is 5.88 Å². The molecular weight excluding hydrogens is 390 g/mol. The Morgan fingerprint density at radius 2 is 2.08 bits per heavy atom. The van der Waals surface area contributed by atoms with Crippen LogP contribution in [0.3, 0.4) is 0 Å². The monoisotopic (exact) mass is 417 g/mol. The van der Waals surface area contributed by atoms with Gasteiger partial charge in [-0.15, -0.1) is 0 Å². The minimum Gasteiger partial charge on any atom is -0.475 e. The number of aryl methyl sites for hydroxylation is 1. The van der Waals surface area contributed by atoms with Gasteiger partial charge in [0.05, 0.1) is 17.2 Å². The third-order valence-electron chi connectivity index (χ3n) is 4.93. The Labute approximate surface area is 153 Å². The third-order valence-corrected chi connectivity index (χ3v) is 9.96. The second-order valence-electron chi connectivity index (χ2n) is 7.75. The lowest BCUT2D eigenvalue weighted by Gasteiger charge is -2.37. The molecule has 1 aliphatic heterocycles. The van der Waals surface area contributed by atoms with E-state index in [0.717, 1.165) is 17.4 Å². The molecule has 0 bridgehead atoms. The molecule has 1 aliphatic rings. The number of carbonyl (C=O) groups excluding carboxylic acids is 1. The van der Waals surface area contributed by atoms with Crippen LogP contribution in [-0.4, -0.2) is 54.7 Å². The highest BCUT2D eigenvalue weighted by Crippen LogP contribution is 2.38. The number of nitrogens with zero attached hydrogens (tertiary/aromatic N) is 3. The summed E-state index contributed by atoms with van der Waals surface area (Å²) in [7, 11) is -0.104. The molecule has 0 spiro atoms. The molecule has 0 saturated carbocycles. The van der Waals surface area contributed by atoms with Crippen LogP contribution in [0.25, 0.3) is 0 Å². The molecule has 8 heteroatoms. The van der Waals surface area contributed by atoms with E-state index in [9.17, 15) is 4.79 Å². The second-order valence-corrected chi connectivity index (χ2v) is 13.4. The van der Waals surface area contributed by atoms with Crippen LogP contribution in [0, 0.1) is 0 Å². The lowest BCUT2D eigenvalue weighted by atomic mass is 10.2. The van der Waals surface area contributed by atoms with Crippen molar-refractivity contribution in [1.29, 1.82) is 0 Å². The van der Waals surface area contributed by atoms with Gasteiger partial charge in [0.1, 0.15) is 12.7 Å². The zero-order valence-electron chi connectivity index (χ0n) is 15.4. The summed E-state index contributed by atoms with van der Waals surface area (Å²) in [6.45, 7) is 12.7. The molecule has 1 fully saturated rings. The summed E-state index contributed by atoms with van der Waals surface area (Å²) >= 11 is 3.40. The first kappa shape index (κ1) is 19.5. The highest BCUT2D eigenvalue weighted by atomic mass is 79.9. The summed E-state index contributed by atoms with van der Waals surface area (Å²) in [6, 6.07) is 0. The number of carbonyl (C=O) groups is 1. The van der Waals surface area contributed by atoms with Gasteiger partial charge in [-0.1, -0.05) is 20.8 Å². The number of hydrogen-bond donors (Lipinski definition) is 0. The van der Waals surface area contributed by atoms with Crippen molar-refractivity contribution < 1.29 is 14.0 Å². The van der Waals surface area contributed by atoms with Gasteiger partial charge < -0.3 is 14.1 Å². The van der Waals surface area contributed by atoms with Crippen LogP contribution in [0.5, 0.6) is 5.88 Å². The van der Waals surface area contributed by atoms with Crippen molar-refractivity contribution in [2.75, 3.05) is 19.7 Å². The molecule has 1 saturated heterocycles. The molecule has 136 valence electrons. The maximum Gasteiger partial charge on any atom is 0.250 e. The van der Waals surface area contributed by atoms with Crippen molar-refractivity contribution in [3.05, 3.63) is 10.7 Å². The molecule has 2 rings (SSSR count). The molecule has 1 amide bonds. The van der Waals surface area contributed by atoms with E-state index < -0.39 is 8.32 Å². The van der Waals surface area contributed by atoms with Gasteiger partial charge in [-0.25, -0.2) is 4.68 Å². The van der Waals surface area contributed by atoms with Gasteiger partial charge in [-0.3, -0.25) is 4.79 Å². The summed E-state index contributed by atoms with van der Waals surface area (Å²) in [6.07, 6.45) is 2.16. The van der Waals surface area contributed by atoms with Crippen molar-refractivity contribution in [3.8, 4) is 5.88 Å². The molecule has 1 aromatic rings. The second kappa shape index (κ2) is 7.17. The van der Waals surface area contributed by atoms with Crippen molar-refractivity contribution in [3.63, 3.8) is 0 Å². The normalized spacial score (nSPS) is 19.2. The zero-order chi connectivity index (χ0) is 18.1. The minimum atomic E-state index is -1.93. The summed E-state index contributed by atoms with van der Waals surface area (Å²) < 4.78 is 14.5. The SMILES string of the molecule is Cn1ncc(Br)c1OCCN1CC[C@H](O[Si](C)(C)C(C)(C)C)C1=O. The van der Waals surface area contributed by atoms with Gasteiger partial charge in [-0.05, 0) is 40.5 Å². The van der Waals surface area contributed by atoms with Gasteiger partial charge in [0.15, 0.2) is 8.32 Å². The number of amides is 1. The van der Waals surface area contributed by atoms with Crippen LogP contribution < -0.4 is 4.74 Å². The highest BCUT2D eigenvalue weighted by molar-refractivity contribution is 9.10. The van der Waals surface area contributed by atoms with Gasteiger partial charge in [0, 0.05) is 13.6 Å². The van der Waals surface area contributed by atoms with Crippen LogP contribution in [0.15, 0.2) is 10.7 Å². The summed E-state index contributed by atoms with van der Waals surface area (Å²) in [5, 5.41) is 4.21. The van der Waals surface area contributed by atoms with E-state index in [0.29, 0.717) is 19.0 Å². The van der Waals surface area contributed by atoms with Crippen molar-refractivity contribution >= 4 is 30.2 Å². The zero-order valence-corrected chi connectivity index (χ0v) is 18.0. The molecule has 0 N–H and O–H groups in total. The Bertz CT molecular complexity index is 578. The van der Waals surface area contributed by atoms with E-state index in [1.165, 1.54) is 0 Å². The molecule has 0 aliphatic carbocycles. The van der Waals surface area contributed by atoms with Crippen molar-refractivity contribution in [2.24, 2.45) is 7.05 Å². The number of likely N-dealkylation sites (tertiary alicyclic amines) is 1. The molecule has 1 aromatic heterocycles. The Balaban J connectivity index is 1.86. The van der Waals surface area contributed by atoms with Crippen LogP contribution >= 0.6 is 15.9 Å². The fraction of sp³-hybridized carbons (Fsp3) is 0.750. The minimum absolute atomic E-state index is 0.0903. The molecule has 1 atom stereocenters. The number of rotatable bonds is 6. The van der Waals surface area contributed by atoms with E-state index in [2.05, 4.69) is 54.9 Å². The smallest absolute Gasteiger partial charge is 0.250 e. The highest BCUT2D eigenvalue weighted by Gasteiger charge is 2.43. The average Bonchev–Trinajstić information content (AvgIpc) is 2.95. The first-order chi connectivity index (χ1) is 11.0. The molecule has 24 heavy (non-hydrogen) atoms. The van der Waals surface area contributed by atoms with E-state index in [1.807, 2.05) is 11.9 Å². The lowest BCUT2D eigenvalue weighted by molar-refractivity contribution is -0.134. The Morgan fingerprint density at radius 3 is 2.62 bits per heavy atom. The van der Waals surface area contributed by atoms with Crippen LogP contribution in [0.1, 0.15) is 27.2 Å². The summed E-state index contributed by atoms with van der Waals surface area (Å²) in [5.74, 6) is 0.767. The van der Waals surface area contributed by atoms with E-state index >= 15 is 0 Å². The number of aromatic nitrogens is 2. The van der Waals surface area contributed by atoms with E-state index in [-0.39, 0.29) is 17.0 Å². The topological polar surface area (TPSA) is 56.6 Å². The van der Waals surface area contributed by atoms with Gasteiger partial charge in [0.25, 0.3) is 5.91 Å². The van der Waals surface area contributed by atoms with E-state index in [4.69, 9.17) is 9.16 Å². The largest absolute Gasteiger partial charge is 0.475 e. The maximum atomic E-state index is 12.6. The van der Waals surface area contributed by atoms with Gasteiger partial charge >= 0.3 is 0 Å². The quantitative estimate of drug-likeness (QED) is 0.666. The van der Waals surface area contributed by atoms with Crippen molar-refractivity contribution in [2.45, 2.75) is 51.4 Å². The Hall–Kier alpha value is -0.863. The maximum absolute atomic E-state index is 12.6. The fourth-order valence-electron chi connectivity index (χ4n) is 2.39. The van der Waals surface area contributed by atoms with Crippen LogP contribution in [0.4, 0.5) is 0 Å².